The van der Waals surface area contributed by atoms with Gasteiger partial charge in [-0.15, -0.1) is 0 Å². The zero-order valence-corrected chi connectivity index (χ0v) is 4.89. The van der Waals surface area contributed by atoms with Gasteiger partial charge < -0.3 is 10.2 Å². The van der Waals surface area contributed by atoms with Crippen molar-refractivity contribution >= 4 is 0 Å². The molecule has 0 saturated carbocycles. The van der Waals surface area contributed by atoms with Gasteiger partial charge in [0.15, 0.2) is 0 Å². The topological polar surface area (TPSA) is 92.8 Å². The quantitative estimate of drug-likeness (QED) is 0.312. The van der Waals surface area contributed by atoms with Crippen molar-refractivity contribution in [3.05, 3.63) is 0 Å². The van der Waals surface area contributed by atoms with Crippen LogP contribution in [0.1, 0.15) is 12.8 Å². The predicted molar refractivity (Wildman–Crippen MR) is 32.0 cm³/mol. The molecule has 1 fully saturated rings. The molecule has 0 bridgehead atoms. The molecule has 8 heavy (non-hydrogen) atoms. The molecule has 6 N–H and O–H groups in total. The third-order valence-electron chi connectivity index (χ3n) is 0.827. The molecule has 1 heterocycles. The Morgan fingerprint density at radius 3 is 1.50 bits per heavy atom. The molecule has 0 aliphatic carbocycles. The first-order valence-corrected chi connectivity index (χ1v) is 2.41. The highest BCUT2D eigenvalue weighted by Gasteiger charge is 1.94. The lowest BCUT2D eigenvalue weighted by molar-refractivity contribution is 0.198. The molecule has 0 radical (unpaired) electrons. The van der Waals surface area contributed by atoms with Gasteiger partial charge in [0.2, 0.25) is 0 Å². The van der Waals surface area contributed by atoms with E-state index in [-0.39, 0.29) is 5.48 Å². The summed E-state index contributed by atoms with van der Waals surface area (Å²) in [6.07, 6.45) is 2.56. The molecule has 0 aromatic rings. The van der Waals surface area contributed by atoms with Gasteiger partial charge in [0.1, 0.15) is 0 Å². The Hall–Kier alpha value is -0.160. The van der Waals surface area contributed by atoms with Gasteiger partial charge in [-0.1, -0.05) is 0 Å². The molecule has 4 nitrogen and oxygen atoms in total. The van der Waals surface area contributed by atoms with Crippen LogP contribution in [0.15, 0.2) is 0 Å². The molecule has 0 aromatic heterocycles. The molecular formula is C4H14N2O2. The van der Waals surface area contributed by atoms with Crippen LogP contribution in [0.4, 0.5) is 0 Å². The maximum atomic E-state index is 4.94. The van der Waals surface area contributed by atoms with Crippen LogP contribution in [-0.4, -0.2) is 18.7 Å². The monoisotopic (exact) mass is 122 g/mol. The summed E-state index contributed by atoms with van der Waals surface area (Å²) >= 11 is 0. The third-order valence-corrected chi connectivity index (χ3v) is 0.827. The summed E-state index contributed by atoms with van der Waals surface area (Å²) in [5.41, 5.74) is 0. The fourth-order valence-corrected chi connectivity index (χ4v) is 0.510. The van der Waals surface area contributed by atoms with E-state index in [0.717, 1.165) is 13.2 Å². The number of rotatable bonds is 0. The van der Waals surface area contributed by atoms with Gasteiger partial charge in [-0.2, -0.15) is 0 Å². The normalized spacial score (nSPS) is 15.8. The summed E-state index contributed by atoms with van der Waals surface area (Å²) in [4.78, 5) is 0. The lowest BCUT2D eigenvalue weighted by Gasteiger charge is -1.76. The number of nitrogens with two attached hydrogens (primary N) is 2. The van der Waals surface area contributed by atoms with Gasteiger partial charge in [0.25, 0.3) is 0 Å². The number of hydrogen-bond acceptors (Lipinski definition) is 3. The lowest BCUT2D eigenvalue weighted by atomic mass is 10.4. The standard InChI is InChI=1S/C4H8O.H4N2.H2O/c1-2-4-5-3-1;1-2;/h1-4H2;1-2H2;1H2. The van der Waals surface area contributed by atoms with Gasteiger partial charge in [-0.25, -0.2) is 0 Å². The molecule has 1 rings (SSSR count). The van der Waals surface area contributed by atoms with E-state index in [0.29, 0.717) is 0 Å². The molecule has 1 aliphatic rings. The van der Waals surface area contributed by atoms with Crippen LogP contribution in [0.5, 0.6) is 0 Å². The van der Waals surface area contributed by atoms with E-state index in [1.807, 2.05) is 0 Å². The average Bonchev–Trinajstić information content (AvgIpc) is 2.23. The Morgan fingerprint density at radius 2 is 1.38 bits per heavy atom. The molecule has 4 heteroatoms. The Morgan fingerprint density at radius 1 is 1.00 bits per heavy atom. The number of ether oxygens (including phenoxy) is 1. The highest BCUT2D eigenvalue weighted by atomic mass is 16.5. The van der Waals surface area contributed by atoms with Crippen molar-refractivity contribution in [1.29, 1.82) is 0 Å². The fraction of sp³-hybridized carbons (Fsp3) is 1.00. The summed E-state index contributed by atoms with van der Waals surface area (Å²) in [7, 11) is 0. The largest absolute Gasteiger partial charge is 0.412 e. The van der Waals surface area contributed by atoms with Gasteiger partial charge in [0.05, 0.1) is 0 Å². The Kier molecular flexibility index (Phi) is 13.4. The minimum absolute atomic E-state index is 0. The molecular weight excluding hydrogens is 108 g/mol. The van der Waals surface area contributed by atoms with Crippen LogP contribution in [0.2, 0.25) is 0 Å². The Balaban J connectivity index is 0. The minimum atomic E-state index is 0. The molecule has 0 unspecified atom stereocenters. The molecule has 0 spiro atoms. The second-order valence-corrected chi connectivity index (χ2v) is 1.32. The SMILES string of the molecule is C1CCOC1.NN.O. The average molecular weight is 122 g/mol. The Bertz CT molecular complexity index is 23.6. The molecule has 0 atom stereocenters. The zero-order valence-electron chi connectivity index (χ0n) is 4.89. The van der Waals surface area contributed by atoms with E-state index in [1.165, 1.54) is 12.8 Å². The summed E-state index contributed by atoms with van der Waals surface area (Å²) in [5.74, 6) is 8.00. The maximum absolute atomic E-state index is 4.94. The molecule has 0 amide bonds. The van der Waals surface area contributed by atoms with Crippen LogP contribution < -0.4 is 11.7 Å². The summed E-state index contributed by atoms with van der Waals surface area (Å²) in [5, 5.41) is 0. The number of hydrazine groups is 1. The third kappa shape index (κ3) is 5.84. The summed E-state index contributed by atoms with van der Waals surface area (Å²) in [6.45, 7) is 2.00. The second kappa shape index (κ2) is 9.96. The smallest absolute Gasteiger partial charge is 0.0466 e. The van der Waals surface area contributed by atoms with Crippen LogP contribution >= 0.6 is 0 Å². The molecule has 1 saturated heterocycles. The van der Waals surface area contributed by atoms with Crippen LogP contribution in [0.25, 0.3) is 0 Å². The van der Waals surface area contributed by atoms with E-state index in [9.17, 15) is 0 Å². The maximum Gasteiger partial charge on any atom is 0.0466 e. The van der Waals surface area contributed by atoms with Gasteiger partial charge >= 0.3 is 0 Å². The summed E-state index contributed by atoms with van der Waals surface area (Å²) in [6, 6.07) is 0. The van der Waals surface area contributed by atoms with Crippen molar-refractivity contribution in [2.75, 3.05) is 13.2 Å². The van der Waals surface area contributed by atoms with Crippen molar-refractivity contribution < 1.29 is 10.2 Å². The van der Waals surface area contributed by atoms with Crippen molar-refractivity contribution in [2.24, 2.45) is 11.7 Å². The fourth-order valence-electron chi connectivity index (χ4n) is 0.510. The van der Waals surface area contributed by atoms with Crippen LogP contribution in [0.3, 0.4) is 0 Å². The van der Waals surface area contributed by atoms with Crippen molar-refractivity contribution in [3.63, 3.8) is 0 Å². The van der Waals surface area contributed by atoms with E-state index >= 15 is 0 Å². The lowest BCUT2D eigenvalue weighted by Crippen LogP contribution is -2.02. The predicted octanol–water partition coefficient (Wildman–Crippen LogP) is -1.21. The van der Waals surface area contributed by atoms with E-state index in [1.54, 1.807) is 0 Å². The van der Waals surface area contributed by atoms with Crippen LogP contribution in [-0.2, 0) is 4.74 Å². The first kappa shape index (κ1) is 10.8. The highest BCUT2D eigenvalue weighted by Crippen LogP contribution is 1.98. The van der Waals surface area contributed by atoms with E-state index in [4.69, 9.17) is 4.74 Å². The minimum Gasteiger partial charge on any atom is -0.412 e. The Labute approximate surface area is 49.1 Å². The summed E-state index contributed by atoms with van der Waals surface area (Å²) < 4.78 is 4.94. The van der Waals surface area contributed by atoms with E-state index < -0.39 is 0 Å². The first-order valence-electron chi connectivity index (χ1n) is 2.41. The zero-order chi connectivity index (χ0) is 5.54. The van der Waals surface area contributed by atoms with Crippen molar-refractivity contribution in [1.82, 2.24) is 0 Å². The molecule has 52 valence electrons. The van der Waals surface area contributed by atoms with Crippen molar-refractivity contribution in [3.8, 4) is 0 Å². The van der Waals surface area contributed by atoms with Gasteiger partial charge in [-0.05, 0) is 12.8 Å². The molecule has 0 aromatic carbocycles. The number of hydrogen-bond donors (Lipinski definition) is 2. The second-order valence-electron chi connectivity index (χ2n) is 1.32. The van der Waals surface area contributed by atoms with Crippen LogP contribution in [0, 0.1) is 0 Å². The first-order chi connectivity index (χ1) is 3.50. The van der Waals surface area contributed by atoms with Crippen molar-refractivity contribution in [2.45, 2.75) is 12.8 Å². The highest BCUT2D eigenvalue weighted by molar-refractivity contribution is 4.43. The van der Waals surface area contributed by atoms with E-state index in [2.05, 4.69) is 11.7 Å². The molecule has 1 aliphatic heterocycles. The van der Waals surface area contributed by atoms with Gasteiger partial charge in [-0.3, -0.25) is 11.7 Å². The van der Waals surface area contributed by atoms with Gasteiger partial charge in [0, 0.05) is 13.2 Å².